The van der Waals surface area contributed by atoms with E-state index < -0.39 is 107 Å². The van der Waals surface area contributed by atoms with Crippen LogP contribution in [0.25, 0.3) is 0 Å². The Balaban J connectivity index is 1.58. The second-order valence-corrected chi connectivity index (χ2v) is 18.5. The Bertz CT molecular complexity index is 2330. The topological polar surface area (TPSA) is 372 Å². The molecule has 1 aliphatic rings. The molecule has 3 aromatic rings. The van der Waals surface area contributed by atoms with Crippen molar-refractivity contribution in [1.29, 1.82) is 0 Å². The number of carbonyl (C=O) groups is 8. The van der Waals surface area contributed by atoms with Gasteiger partial charge in [0.1, 0.15) is 48.0 Å². The van der Waals surface area contributed by atoms with Crippen LogP contribution in [0.2, 0.25) is 0 Å². The van der Waals surface area contributed by atoms with Gasteiger partial charge in [0.15, 0.2) is 5.96 Å². The number of carbonyl (C=O) groups excluding carboxylic acids is 7. The molecule has 1 aliphatic heterocycles. The zero-order chi connectivity index (χ0) is 53.1. The smallest absolute Gasteiger partial charge is 0.326 e. The average molecular weight is 1000 g/mol. The summed E-state index contributed by atoms with van der Waals surface area (Å²) < 4.78 is 0. The summed E-state index contributed by atoms with van der Waals surface area (Å²) in [6.45, 7) is 8.62. The highest BCUT2D eigenvalue weighted by atomic mass is 16.4. The molecule has 1 saturated heterocycles. The lowest BCUT2D eigenvalue weighted by atomic mass is 9.96. The summed E-state index contributed by atoms with van der Waals surface area (Å²) in [6.07, 6.45) is 4.09. The molecule has 0 saturated carbocycles. The molecule has 0 radical (unpaired) electrons. The van der Waals surface area contributed by atoms with E-state index in [1.165, 1.54) is 36.5 Å². The van der Waals surface area contributed by atoms with E-state index in [1.54, 1.807) is 70.2 Å². The number of carboxylic acids is 1. The van der Waals surface area contributed by atoms with Crippen LogP contribution in [0.1, 0.15) is 83.5 Å². The van der Waals surface area contributed by atoms with Gasteiger partial charge >= 0.3 is 5.97 Å². The summed E-state index contributed by atoms with van der Waals surface area (Å²) in [5.74, 6) is -7.42. The van der Waals surface area contributed by atoms with Gasteiger partial charge in [-0.15, -0.1) is 0 Å². The number of guanidine groups is 1. The number of hydrogen-bond acceptors (Lipinski definition) is 12. The fourth-order valence-electron chi connectivity index (χ4n) is 8.06. The molecule has 23 nitrogen and oxygen atoms in total. The van der Waals surface area contributed by atoms with E-state index in [0.29, 0.717) is 29.7 Å². The molecule has 72 heavy (non-hydrogen) atoms. The van der Waals surface area contributed by atoms with Gasteiger partial charge in [0.2, 0.25) is 41.4 Å². The number of nitrogens with zero attached hydrogens (tertiary/aromatic N) is 3. The first kappa shape index (κ1) is 57.0. The van der Waals surface area contributed by atoms with E-state index >= 15 is 0 Å². The molecule has 4 rings (SSSR count). The zero-order valence-corrected chi connectivity index (χ0v) is 41.4. The van der Waals surface area contributed by atoms with Gasteiger partial charge in [-0.3, -0.25) is 38.6 Å². The number of aromatic hydroxyl groups is 1. The van der Waals surface area contributed by atoms with Gasteiger partial charge in [-0.1, -0.05) is 76.6 Å². The first-order valence-electron chi connectivity index (χ1n) is 24.1. The minimum atomic E-state index is -1.37. The van der Waals surface area contributed by atoms with Crippen LogP contribution < -0.4 is 49.1 Å². The number of aliphatic imine (C=N–C) groups is 1. The minimum absolute atomic E-state index is 0.0121. The molecule has 2 heterocycles. The van der Waals surface area contributed by atoms with Gasteiger partial charge in [0.25, 0.3) is 0 Å². The predicted octanol–water partition coefficient (Wildman–Crippen LogP) is -0.770. The van der Waals surface area contributed by atoms with Crippen molar-refractivity contribution in [3.63, 3.8) is 0 Å². The molecule has 7 amide bonds. The number of nitrogens with two attached hydrogens (primary N) is 3. The molecular formula is C49H71N13O10. The molecule has 392 valence electrons. The first-order valence-corrected chi connectivity index (χ1v) is 24.1. The Kier molecular flexibility index (Phi) is 22.0. The van der Waals surface area contributed by atoms with Crippen molar-refractivity contribution < 1.29 is 48.6 Å². The highest BCUT2D eigenvalue weighted by Gasteiger charge is 2.41. The third-order valence-electron chi connectivity index (χ3n) is 12.4. The normalized spacial score (nSPS) is 16.6. The van der Waals surface area contributed by atoms with Gasteiger partial charge in [0, 0.05) is 44.2 Å². The molecule has 15 N–H and O–H groups in total. The lowest BCUT2D eigenvalue weighted by Gasteiger charge is -2.32. The van der Waals surface area contributed by atoms with E-state index in [-0.39, 0.29) is 63.3 Å². The third kappa shape index (κ3) is 17.4. The fraction of sp³-hybridized carbons (Fsp3) is 0.510. The number of nitrogens with one attached hydrogen (secondary N) is 7. The third-order valence-corrected chi connectivity index (χ3v) is 12.4. The average Bonchev–Trinajstić information content (AvgIpc) is 4.06. The minimum Gasteiger partial charge on any atom is -0.508 e. The fourth-order valence-corrected chi connectivity index (χ4v) is 8.06. The summed E-state index contributed by atoms with van der Waals surface area (Å²) in [6, 6.07) is 5.14. The highest BCUT2D eigenvalue weighted by molar-refractivity contribution is 5.98. The SMILES string of the molecule is CC[C@@H](C)[C@H](NC(=O)[C@H](Cc1ccc(O)cc1)NC(=O)[C@@H](NC(=O)[C@H](CCCN=C(N)N)NC(=O)[C@H](C)N)C(C)C)C(=O)N[C@@H](Cc1cnc[nH]1)C(=O)N1CCC[C@H]1C(=O)N[C@@H](Cc1ccccc1)C(=O)O. The van der Waals surface area contributed by atoms with E-state index in [2.05, 4.69) is 46.9 Å². The standard InChI is InChI=1S/C49H71N13O10/c1-6-28(4)40(46(69)58-36(24-32-25-53-26-55-32)47(70)62-21-11-15-38(62)44(67)59-37(48(71)72)23-30-12-8-7-9-13-30)61-43(66)35(22-31-16-18-33(63)19-17-31)57-45(68)39(27(2)3)60-42(65)34(56-41(64)29(5)50)14-10-20-54-49(51)52/h7-9,12-13,16-19,25-29,34-40,63H,6,10-11,14-15,20-24,50H2,1-5H3,(H,53,55)(H,56,64)(H,57,68)(H,58,69)(H,59,67)(H,60,65)(H,61,66)(H,71,72)(H4,51,52,54)/t28-,29+,34+,35+,36+,37+,38+,39+,40+/m1/s1. The summed E-state index contributed by atoms with van der Waals surface area (Å²) in [5.41, 5.74) is 18.3. The number of rotatable bonds is 27. The maximum Gasteiger partial charge on any atom is 0.326 e. The van der Waals surface area contributed by atoms with E-state index in [0.717, 1.165) is 0 Å². The van der Waals surface area contributed by atoms with Crippen molar-refractivity contribution in [2.45, 2.75) is 134 Å². The highest BCUT2D eigenvalue weighted by Crippen LogP contribution is 2.21. The van der Waals surface area contributed by atoms with Gasteiger partial charge in [0.05, 0.1) is 12.4 Å². The van der Waals surface area contributed by atoms with Crippen molar-refractivity contribution in [2.75, 3.05) is 13.1 Å². The summed E-state index contributed by atoms with van der Waals surface area (Å²) >= 11 is 0. The van der Waals surface area contributed by atoms with E-state index in [4.69, 9.17) is 17.2 Å². The van der Waals surface area contributed by atoms with Crippen molar-refractivity contribution in [3.8, 4) is 5.75 Å². The number of carboxylic acid groups (broad SMARTS) is 1. The molecule has 2 aromatic carbocycles. The molecule has 0 bridgehead atoms. The molecule has 0 spiro atoms. The number of benzene rings is 2. The number of phenolic OH excluding ortho intramolecular Hbond substituents is 1. The first-order chi connectivity index (χ1) is 34.2. The zero-order valence-electron chi connectivity index (χ0n) is 41.4. The second kappa shape index (κ2) is 27.7. The summed E-state index contributed by atoms with van der Waals surface area (Å²) in [5, 5.41) is 36.3. The van der Waals surface area contributed by atoms with E-state index in [9.17, 15) is 48.6 Å². The van der Waals surface area contributed by atoms with Crippen molar-refractivity contribution >= 4 is 53.3 Å². The summed E-state index contributed by atoms with van der Waals surface area (Å²) in [7, 11) is 0. The Labute approximate surface area is 418 Å². The molecule has 0 unspecified atom stereocenters. The van der Waals surface area contributed by atoms with Crippen LogP contribution in [0.15, 0.2) is 72.1 Å². The molecule has 0 aliphatic carbocycles. The Morgan fingerprint density at radius 1 is 0.750 bits per heavy atom. The number of hydrogen-bond donors (Lipinski definition) is 12. The van der Waals surface area contributed by atoms with Crippen LogP contribution in [-0.2, 0) is 57.6 Å². The van der Waals surface area contributed by atoms with Gasteiger partial charge in [-0.2, -0.15) is 0 Å². The Morgan fingerprint density at radius 3 is 1.94 bits per heavy atom. The van der Waals surface area contributed by atoms with Crippen LogP contribution >= 0.6 is 0 Å². The van der Waals surface area contributed by atoms with Gasteiger partial charge in [-0.25, -0.2) is 9.78 Å². The lowest BCUT2D eigenvalue weighted by molar-refractivity contribution is -0.145. The maximum atomic E-state index is 14.5. The molecule has 9 atom stereocenters. The molecule has 1 fully saturated rings. The van der Waals surface area contributed by atoms with Crippen LogP contribution in [0, 0.1) is 11.8 Å². The molecule has 1 aromatic heterocycles. The largest absolute Gasteiger partial charge is 0.508 e. The number of H-pyrrole nitrogens is 1. The number of imidazole rings is 1. The van der Waals surface area contributed by atoms with Crippen LogP contribution in [-0.4, -0.2) is 140 Å². The van der Waals surface area contributed by atoms with Gasteiger partial charge in [-0.05, 0) is 67.7 Å². The van der Waals surface area contributed by atoms with Crippen LogP contribution in [0.5, 0.6) is 5.75 Å². The lowest BCUT2D eigenvalue weighted by Crippen LogP contribution is -2.62. The number of likely N-dealkylation sites (tertiary alicyclic amines) is 1. The maximum absolute atomic E-state index is 14.5. The Hall–Kier alpha value is -7.56. The van der Waals surface area contributed by atoms with Crippen LogP contribution in [0.4, 0.5) is 0 Å². The van der Waals surface area contributed by atoms with Gasteiger partial charge < -0.3 is 69.2 Å². The van der Waals surface area contributed by atoms with Crippen molar-refractivity contribution in [3.05, 3.63) is 83.9 Å². The number of aromatic amines is 1. The molecule has 23 heteroatoms. The summed E-state index contributed by atoms with van der Waals surface area (Å²) in [4.78, 5) is 122. The number of phenols is 1. The number of aliphatic carboxylic acids is 1. The van der Waals surface area contributed by atoms with Crippen LogP contribution in [0.3, 0.4) is 0 Å². The van der Waals surface area contributed by atoms with Crippen molar-refractivity contribution in [1.82, 2.24) is 46.8 Å². The Morgan fingerprint density at radius 2 is 1.35 bits per heavy atom. The second-order valence-electron chi connectivity index (χ2n) is 18.5. The van der Waals surface area contributed by atoms with Crippen molar-refractivity contribution in [2.24, 2.45) is 34.0 Å². The number of aromatic nitrogens is 2. The van der Waals surface area contributed by atoms with E-state index in [1.807, 2.05) is 0 Å². The quantitative estimate of drug-likeness (QED) is 0.0254. The predicted molar refractivity (Wildman–Crippen MR) is 266 cm³/mol. The molecular weight excluding hydrogens is 931 g/mol. The number of amides is 7. The monoisotopic (exact) mass is 1000 g/mol.